The van der Waals surface area contributed by atoms with Gasteiger partial charge >= 0.3 is 23.9 Å². The van der Waals surface area contributed by atoms with Gasteiger partial charge in [-0.2, -0.15) is 0 Å². The molecule has 0 amide bonds. The summed E-state index contributed by atoms with van der Waals surface area (Å²) in [5.41, 5.74) is 0. The predicted molar refractivity (Wildman–Crippen MR) is 284 cm³/mol. The van der Waals surface area contributed by atoms with Gasteiger partial charge in [0.2, 0.25) is 6.10 Å². The fraction of sp³-hybridized carbons (Fsp3) is 0.917. The lowest BCUT2D eigenvalue weighted by atomic mass is 10.0. The molecule has 0 saturated carbocycles. The van der Waals surface area contributed by atoms with Crippen LogP contribution in [0, 0.1) is 0 Å². The standard InChI is InChI=1S/C60H110O9/c1-4-7-10-13-16-19-22-25-28-31-34-37-40-43-46-49-54(61)66-52-53(67-55(62)50-47-44-41-38-35-32-29-26-23-20-17-14-11-8-5-2)58-59(57(64)60(65)69-58)68-56(63)51-48-45-42-39-36-33-30-27-24-21-18-15-12-9-6-3/h53,58-59H,4-52H2,1-3H3/t53-,58+,59?/m0/s1. The number of unbranched alkanes of at least 4 members (excludes halogenated alkanes) is 42. The molecular formula is C60H110O9. The minimum absolute atomic E-state index is 0.112. The molecule has 404 valence electrons. The molecule has 1 aliphatic heterocycles. The Hall–Kier alpha value is -2.45. The third kappa shape index (κ3) is 39.8. The fourth-order valence-electron chi connectivity index (χ4n) is 9.69. The summed E-state index contributed by atoms with van der Waals surface area (Å²) in [5, 5.41) is 0. The molecule has 1 fully saturated rings. The molecule has 1 unspecified atom stereocenters. The van der Waals surface area contributed by atoms with Crippen molar-refractivity contribution in [1.82, 2.24) is 0 Å². The summed E-state index contributed by atoms with van der Waals surface area (Å²) in [6, 6.07) is 0. The molecule has 1 aliphatic rings. The number of cyclic esters (lactones) is 1. The van der Waals surface area contributed by atoms with Gasteiger partial charge in [0.25, 0.3) is 5.78 Å². The van der Waals surface area contributed by atoms with Crippen molar-refractivity contribution in [2.24, 2.45) is 0 Å². The van der Waals surface area contributed by atoms with Gasteiger partial charge in [-0.3, -0.25) is 19.2 Å². The zero-order chi connectivity index (χ0) is 50.1. The first kappa shape index (κ1) is 64.6. The Labute approximate surface area is 425 Å². The van der Waals surface area contributed by atoms with Crippen molar-refractivity contribution in [1.29, 1.82) is 0 Å². The second-order valence-electron chi connectivity index (χ2n) is 21.0. The Bertz CT molecular complexity index is 1220. The lowest BCUT2D eigenvalue weighted by Crippen LogP contribution is -2.45. The van der Waals surface area contributed by atoms with Crippen LogP contribution < -0.4 is 0 Å². The smallest absolute Gasteiger partial charge is 0.379 e. The number of hydrogen-bond donors (Lipinski definition) is 0. The van der Waals surface area contributed by atoms with Gasteiger partial charge in [-0.25, -0.2) is 4.79 Å². The average Bonchev–Trinajstić information content (AvgIpc) is 3.62. The highest BCUT2D eigenvalue weighted by Crippen LogP contribution is 2.24. The van der Waals surface area contributed by atoms with Crippen LogP contribution in [0.1, 0.15) is 329 Å². The van der Waals surface area contributed by atoms with Crippen LogP contribution in [0.25, 0.3) is 0 Å². The maximum atomic E-state index is 13.2. The molecule has 0 N–H and O–H groups in total. The van der Waals surface area contributed by atoms with E-state index >= 15 is 0 Å². The van der Waals surface area contributed by atoms with Crippen molar-refractivity contribution in [3.05, 3.63) is 0 Å². The molecule has 9 heteroatoms. The van der Waals surface area contributed by atoms with Gasteiger partial charge in [0.05, 0.1) is 0 Å². The predicted octanol–water partition coefficient (Wildman–Crippen LogP) is 17.6. The van der Waals surface area contributed by atoms with E-state index in [9.17, 15) is 24.0 Å². The van der Waals surface area contributed by atoms with Gasteiger partial charge in [0, 0.05) is 19.3 Å². The summed E-state index contributed by atoms with van der Waals surface area (Å²) in [6.45, 7) is 6.39. The summed E-state index contributed by atoms with van der Waals surface area (Å²) in [5.74, 6) is -3.69. The molecule has 1 rings (SSSR count). The number of rotatable bonds is 53. The molecule has 3 atom stereocenters. The maximum absolute atomic E-state index is 13.2. The lowest BCUT2D eigenvalue weighted by molar-refractivity contribution is -0.178. The lowest BCUT2D eigenvalue weighted by Gasteiger charge is -2.25. The van der Waals surface area contributed by atoms with E-state index in [4.69, 9.17) is 18.9 Å². The highest BCUT2D eigenvalue weighted by atomic mass is 16.6. The molecular weight excluding hydrogens is 865 g/mol. The third-order valence-corrected chi connectivity index (χ3v) is 14.3. The van der Waals surface area contributed by atoms with Gasteiger partial charge in [0.15, 0.2) is 12.2 Å². The highest BCUT2D eigenvalue weighted by Gasteiger charge is 2.51. The van der Waals surface area contributed by atoms with Crippen molar-refractivity contribution in [2.75, 3.05) is 6.61 Å². The van der Waals surface area contributed by atoms with Crippen LogP contribution in [-0.2, 0) is 42.9 Å². The van der Waals surface area contributed by atoms with Crippen LogP contribution in [0.5, 0.6) is 0 Å². The normalized spacial score (nSPS) is 15.1. The maximum Gasteiger partial charge on any atom is 0.379 e. The van der Waals surface area contributed by atoms with E-state index in [0.29, 0.717) is 19.3 Å². The molecule has 9 nitrogen and oxygen atoms in total. The van der Waals surface area contributed by atoms with Crippen LogP contribution in [0.4, 0.5) is 0 Å². The average molecular weight is 976 g/mol. The Balaban J connectivity index is 2.51. The van der Waals surface area contributed by atoms with Crippen LogP contribution in [0.3, 0.4) is 0 Å². The van der Waals surface area contributed by atoms with Crippen LogP contribution >= 0.6 is 0 Å². The van der Waals surface area contributed by atoms with Crippen LogP contribution in [-0.4, -0.2) is 54.6 Å². The van der Waals surface area contributed by atoms with Gasteiger partial charge in [-0.1, -0.05) is 290 Å². The van der Waals surface area contributed by atoms with Gasteiger partial charge < -0.3 is 18.9 Å². The summed E-state index contributed by atoms with van der Waals surface area (Å²) >= 11 is 0. The van der Waals surface area contributed by atoms with Crippen LogP contribution in [0.2, 0.25) is 0 Å². The number of carbonyl (C=O) groups excluding carboxylic acids is 5. The SMILES string of the molecule is CCCCCCCCCCCCCCCCCC(=O)OC[C@H](OC(=O)CCCCCCCCCCCCCCCCC)[C@H]1OC(=O)C(=O)C1OC(=O)CCCCCCCCCCCCCCCCC. The van der Waals surface area contributed by atoms with Crippen molar-refractivity contribution in [3.8, 4) is 0 Å². The Morgan fingerprint density at radius 2 is 0.638 bits per heavy atom. The molecule has 0 bridgehead atoms. The molecule has 0 aliphatic carbocycles. The molecule has 0 aromatic heterocycles. The summed E-state index contributed by atoms with van der Waals surface area (Å²) in [4.78, 5) is 64.7. The minimum atomic E-state index is -1.56. The first-order valence-corrected chi connectivity index (χ1v) is 30.1. The Morgan fingerprint density at radius 3 is 0.942 bits per heavy atom. The second kappa shape index (κ2) is 49.1. The van der Waals surface area contributed by atoms with E-state index in [-0.39, 0.29) is 25.9 Å². The zero-order valence-corrected chi connectivity index (χ0v) is 45.6. The quantitative estimate of drug-likeness (QED) is 0.0254. The molecule has 0 aromatic carbocycles. The van der Waals surface area contributed by atoms with Gasteiger partial charge in [0.1, 0.15) is 6.61 Å². The van der Waals surface area contributed by atoms with Crippen molar-refractivity contribution in [2.45, 2.75) is 347 Å². The molecule has 1 saturated heterocycles. The number of hydrogen-bond acceptors (Lipinski definition) is 9. The summed E-state index contributed by atoms with van der Waals surface area (Å²) in [7, 11) is 0. The number of Topliss-reactive ketones (excluding diaryl/α,β-unsaturated/α-hetero) is 1. The topological polar surface area (TPSA) is 122 Å². The fourth-order valence-corrected chi connectivity index (χ4v) is 9.69. The molecule has 0 aromatic rings. The zero-order valence-electron chi connectivity index (χ0n) is 45.6. The third-order valence-electron chi connectivity index (χ3n) is 14.3. The monoisotopic (exact) mass is 975 g/mol. The first-order chi connectivity index (χ1) is 33.8. The van der Waals surface area contributed by atoms with Crippen molar-refractivity contribution < 1.29 is 42.9 Å². The highest BCUT2D eigenvalue weighted by molar-refractivity contribution is 6.37. The summed E-state index contributed by atoms with van der Waals surface area (Å²) in [6.07, 6.45) is 51.1. The molecule has 69 heavy (non-hydrogen) atoms. The second-order valence-corrected chi connectivity index (χ2v) is 21.0. The van der Waals surface area contributed by atoms with Crippen molar-refractivity contribution in [3.63, 3.8) is 0 Å². The largest absolute Gasteiger partial charge is 0.462 e. The number of esters is 4. The summed E-state index contributed by atoms with van der Waals surface area (Å²) < 4.78 is 22.4. The van der Waals surface area contributed by atoms with E-state index < -0.39 is 48.0 Å². The minimum Gasteiger partial charge on any atom is -0.462 e. The first-order valence-electron chi connectivity index (χ1n) is 30.1. The Morgan fingerprint density at radius 1 is 0.377 bits per heavy atom. The van der Waals surface area contributed by atoms with E-state index in [1.807, 2.05) is 0 Å². The van der Waals surface area contributed by atoms with E-state index in [1.165, 1.54) is 212 Å². The van der Waals surface area contributed by atoms with Crippen molar-refractivity contribution >= 4 is 29.7 Å². The van der Waals surface area contributed by atoms with Crippen LogP contribution in [0.15, 0.2) is 0 Å². The van der Waals surface area contributed by atoms with E-state index in [2.05, 4.69) is 20.8 Å². The number of ketones is 1. The van der Waals surface area contributed by atoms with E-state index in [0.717, 1.165) is 57.8 Å². The number of ether oxygens (including phenoxy) is 4. The van der Waals surface area contributed by atoms with Gasteiger partial charge in [-0.05, 0) is 19.3 Å². The number of carbonyl (C=O) groups is 5. The van der Waals surface area contributed by atoms with E-state index in [1.54, 1.807) is 0 Å². The van der Waals surface area contributed by atoms with Gasteiger partial charge in [-0.15, -0.1) is 0 Å². The Kier molecular flexibility index (Phi) is 46.0. The molecule has 0 radical (unpaired) electrons. The molecule has 1 heterocycles. The molecule has 0 spiro atoms.